The van der Waals surface area contributed by atoms with Crippen molar-refractivity contribution < 1.29 is 0 Å². The Hall–Kier alpha value is -0.730. The van der Waals surface area contributed by atoms with Crippen molar-refractivity contribution in [2.45, 2.75) is 19.8 Å². The highest BCUT2D eigenvalue weighted by Crippen LogP contribution is 2.34. The van der Waals surface area contributed by atoms with Gasteiger partial charge in [0.15, 0.2) is 0 Å². The van der Waals surface area contributed by atoms with E-state index in [9.17, 15) is 0 Å². The number of hydrogen-bond donors (Lipinski definition) is 1. The molecule has 2 nitrogen and oxygen atoms in total. The zero-order chi connectivity index (χ0) is 10.8. The smallest absolute Gasteiger partial charge is 0.0456 e. The molecule has 0 spiro atoms. The molecule has 0 fully saturated rings. The molecule has 1 aromatic rings. The average Bonchev–Trinajstić information content (AvgIpc) is 2.24. The number of nitrogens with two attached hydrogens (primary N) is 1. The van der Waals surface area contributed by atoms with Crippen LogP contribution < -0.4 is 10.6 Å². The molecule has 0 atom stereocenters. The first-order chi connectivity index (χ1) is 7.24. The predicted octanol–water partition coefficient (Wildman–Crippen LogP) is 2.36. The molecule has 0 bridgehead atoms. The Balaban J connectivity index is 2.43. The van der Waals surface area contributed by atoms with Crippen LogP contribution in [0.3, 0.4) is 0 Å². The van der Waals surface area contributed by atoms with Crippen molar-refractivity contribution in [3.05, 3.63) is 28.3 Å². The van der Waals surface area contributed by atoms with E-state index >= 15 is 0 Å². The molecule has 1 aliphatic rings. The quantitative estimate of drug-likeness (QED) is 0.836. The molecule has 2 rings (SSSR count). The maximum Gasteiger partial charge on any atom is 0.0456 e. The van der Waals surface area contributed by atoms with Gasteiger partial charge in [0.2, 0.25) is 0 Å². The van der Waals surface area contributed by atoms with Crippen LogP contribution in [0.25, 0.3) is 0 Å². The zero-order valence-corrected chi connectivity index (χ0v) is 9.85. The second-order valence-corrected chi connectivity index (χ2v) is 4.47. The lowest BCUT2D eigenvalue weighted by Gasteiger charge is -2.32. The summed E-state index contributed by atoms with van der Waals surface area (Å²) in [5, 5.41) is 0.859. The van der Waals surface area contributed by atoms with Gasteiger partial charge < -0.3 is 10.6 Å². The average molecular weight is 225 g/mol. The first-order valence-corrected chi connectivity index (χ1v) is 5.85. The summed E-state index contributed by atoms with van der Waals surface area (Å²) in [5.74, 6) is 0. The highest BCUT2D eigenvalue weighted by atomic mass is 35.5. The number of nitrogens with zero attached hydrogens (tertiary/aromatic N) is 1. The van der Waals surface area contributed by atoms with Gasteiger partial charge in [0.1, 0.15) is 0 Å². The van der Waals surface area contributed by atoms with Gasteiger partial charge in [-0.15, -0.1) is 0 Å². The van der Waals surface area contributed by atoms with Crippen molar-refractivity contribution in [2.75, 3.05) is 24.5 Å². The highest BCUT2D eigenvalue weighted by molar-refractivity contribution is 6.31. The van der Waals surface area contributed by atoms with Crippen LogP contribution in [-0.2, 0) is 6.42 Å². The third-order valence-corrected chi connectivity index (χ3v) is 3.45. The minimum atomic E-state index is 0.700. The minimum Gasteiger partial charge on any atom is -0.370 e. The van der Waals surface area contributed by atoms with Crippen molar-refractivity contribution in [3.63, 3.8) is 0 Å². The van der Waals surface area contributed by atoms with Crippen LogP contribution >= 0.6 is 11.6 Å². The summed E-state index contributed by atoms with van der Waals surface area (Å²) in [5.41, 5.74) is 9.56. The lowest BCUT2D eigenvalue weighted by atomic mass is 9.98. The van der Waals surface area contributed by atoms with E-state index in [-0.39, 0.29) is 0 Å². The Kier molecular flexibility index (Phi) is 3.17. The SMILES string of the molecule is Cc1c(Cl)ccc2c1N(CCN)CCC2. The molecule has 0 saturated heterocycles. The lowest BCUT2D eigenvalue weighted by Crippen LogP contribution is -2.34. The van der Waals surface area contributed by atoms with E-state index in [0.717, 1.165) is 24.5 Å². The Labute approximate surface area is 96.0 Å². The fraction of sp³-hybridized carbons (Fsp3) is 0.500. The van der Waals surface area contributed by atoms with Gasteiger partial charge in [-0.2, -0.15) is 0 Å². The summed E-state index contributed by atoms with van der Waals surface area (Å²) in [4.78, 5) is 2.36. The zero-order valence-electron chi connectivity index (χ0n) is 9.09. The van der Waals surface area contributed by atoms with Crippen LogP contribution in [0, 0.1) is 6.92 Å². The van der Waals surface area contributed by atoms with Crippen molar-refractivity contribution >= 4 is 17.3 Å². The number of fused-ring (bicyclic) bond motifs is 1. The van der Waals surface area contributed by atoms with Crippen molar-refractivity contribution in [2.24, 2.45) is 5.73 Å². The van der Waals surface area contributed by atoms with E-state index in [2.05, 4.69) is 17.9 Å². The summed E-state index contributed by atoms with van der Waals surface area (Å²) in [7, 11) is 0. The van der Waals surface area contributed by atoms with Crippen LogP contribution in [-0.4, -0.2) is 19.6 Å². The monoisotopic (exact) mass is 224 g/mol. The molecule has 1 heterocycles. The number of hydrogen-bond acceptors (Lipinski definition) is 2. The maximum absolute atomic E-state index is 6.15. The second-order valence-electron chi connectivity index (χ2n) is 4.06. The van der Waals surface area contributed by atoms with Crippen LogP contribution in [0.4, 0.5) is 5.69 Å². The van der Waals surface area contributed by atoms with E-state index in [4.69, 9.17) is 17.3 Å². The molecule has 0 saturated carbocycles. The molecule has 2 N–H and O–H groups in total. The third-order valence-electron chi connectivity index (χ3n) is 3.04. The van der Waals surface area contributed by atoms with E-state index in [1.807, 2.05) is 6.07 Å². The van der Waals surface area contributed by atoms with Crippen molar-refractivity contribution in [1.29, 1.82) is 0 Å². The fourth-order valence-corrected chi connectivity index (χ4v) is 2.48. The van der Waals surface area contributed by atoms with Crippen LogP contribution in [0.2, 0.25) is 5.02 Å². The Morgan fingerprint density at radius 2 is 2.27 bits per heavy atom. The number of anilines is 1. The van der Waals surface area contributed by atoms with Gasteiger partial charge in [-0.1, -0.05) is 17.7 Å². The Morgan fingerprint density at radius 3 is 3.00 bits per heavy atom. The second kappa shape index (κ2) is 4.42. The van der Waals surface area contributed by atoms with Crippen LogP contribution in [0.15, 0.2) is 12.1 Å². The topological polar surface area (TPSA) is 29.3 Å². The van der Waals surface area contributed by atoms with E-state index in [1.165, 1.54) is 23.2 Å². The van der Waals surface area contributed by atoms with E-state index in [1.54, 1.807) is 0 Å². The number of rotatable bonds is 2. The fourth-order valence-electron chi connectivity index (χ4n) is 2.33. The molecular formula is C12H17ClN2. The molecule has 0 radical (unpaired) electrons. The van der Waals surface area contributed by atoms with Gasteiger partial charge >= 0.3 is 0 Å². The van der Waals surface area contributed by atoms with Gasteiger partial charge in [-0.05, 0) is 37.0 Å². The van der Waals surface area contributed by atoms with E-state index < -0.39 is 0 Å². The van der Waals surface area contributed by atoms with Crippen LogP contribution in [0.1, 0.15) is 17.5 Å². The maximum atomic E-state index is 6.15. The van der Waals surface area contributed by atoms with Crippen molar-refractivity contribution in [1.82, 2.24) is 0 Å². The van der Waals surface area contributed by atoms with Gasteiger partial charge in [0, 0.05) is 30.3 Å². The van der Waals surface area contributed by atoms with E-state index in [0.29, 0.717) is 6.54 Å². The van der Waals surface area contributed by atoms with Gasteiger partial charge in [-0.25, -0.2) is 0 Å². The largest absolute Gasteiger partial charge is 0.370 e. The number of benzene rings is 1. The molecule has 3 heteroatoms. The third kappa shape index (κ3) is 1.97. The van der Waals surface area contributed by atoms with Crippen molar-refractivity contribution in [3.8, 4) is 0 Å². The van der Waals surface area contributed by atoms with Crippen LogP contribution in [0.5, 0.6) is 0 Å². The number of aryl methyl sites for hydroxylation is 1. The predicted molar refractivity (Wildman–Crippen MR) is 65.8 cm³/mol. The molecule has 82 valence electrons. The summed E-state index contributed by atoms with van der Waals surface area (Å²) >= 11 is 6.15. The lowest BCUT2D eigenvalue weighted by molar-refractivity contribution is 0.689. The summed E-state index contributed by atoms with van der Waals surface area (Å²) in [6.07, 6.45) is 2.38. The number of halogens is 1. The summed E-state index contributed by atoms with van der Waals surface area (Å²) < 4.78 is 0. The molecule has 0 aliphatic carbocycles. The molecule has 0 unspecified atom stereocenters. The molecule has 15 heavy (non-hydrogen) atoms. The molecule has 1 aromatic carbocycles. The molecule has 1 aliphatic heterocycles. The molecular weight excluding hydrogens is 208 g/mol. The van der Waals surface area contributed by atoms with Gasteiger partial charge in [0.25, 0.3) is 0 Å². The summed E-state index contributed by atoms with van der Waals surface area (Å²) in [6.45, 7) is 4.82. The van der Waals surface area contributed by atoms with Gasteiger partial charge in [-0.3, -0.25) is 0 Å². The standard InChI is InChI=1S/C12H17ClN2/c1-9-11(13)5-4-10-3-2-7-15(8-6-14)12(9)10/h4-5H,2-3,6-8,14H2,1H3. The first-order valence-electron chi connectivity index (χ1n) is 5.47. The highest BCUT2D eigenvalue weighted by Gasteiger charge is 2.19. The minimum absolute atomic E-state index is 0.700. The Morgan fingerprint density at radius 1 is 1.47 bits per heavy atom. The van der Waals surface area contributed by atoms with Gasteiger partial charge in [0.05, 0.1) is 0 Å². The molecule has 0 aromatic heterocycles. The Bertz CT molecular complexity index is 363. The first kappa shape index (κ1) is 10.8. The summed E-state index contributed by atoms with van der Waals surface area (Å²) in [6, 6.07) is 4.15. The molecule has 0 amide bonds. The normalized spacial score (nSPS) is 15.3.